The van der Waals surface area contributed by atoms with Crippen LogP contribution in [0.1, 0.15) is 11.1 Å². The van der Waals surface area contributed by atoms with E-state index in [9.17, 15) is 5.11 Å². The lowest BCUT2D eigenvalue weighted by Crippen LogP contribution is -2.30. The highest BCUT2D eigenvalue weighted by Gasteiger charge is 2.23. The Morgan fingerprint density at radius 2 is 2.28 bits per heavy atom. The Kier molecular flexibility index (Phi) is 5.27. The summed E-state index contributed by atoms with van der Waals surface area (Å²) in [5, 5.41) is 10.7. The Morgan fingerprint density at radius 1 is 1.44 bits per heavy atom. The van der Waals surface area contributed by atoms with E-state index in [1.165, 1.54) is 11.3 Å². The molecule has 2 unspecified atom stereocenters. The monoisotopic (exact) mass is 284 g/mol. The van der Waals surface area contributed by atoms with Crippen molar-refractivity contribution in [2.24, 2.45) is 0 Å². The van der Waals surface area contributed by atoms with Crippen LogP contribution in [0.25, 0.3) is 0 Å². The van der Waals surface area contributed by atoms with E-state index in [4.69, 9.17) is 4.74 Å². The number of methoxy groups -OCH3 is 1. The molecule has 1 heterocycles. The van der Waals surface area contributed by atoms with Gasteiger partial charge in [0, 0.05) is 28.9 Å². The summed E-state index contributed by atoms with van der Waals surface area (Å²) in [4.78, 5) is 0. The minimum Gasteiger partial charge on any atom is -0.496 e. The fourth-order valence-electron chi connectivity index (χ4n) is 2.15. The van der Waals surface area contributed by atoms with Crippen molar-refractivity contribution in [1.82, 2.24) is 0 Å². The van der Waals surface area contributed by atoms with Crippen molar-refractivity contribution in [2.45, 2.75) is 24.7 Å². The van der Waals surface area contributed by atoms with Crippen LogP contribution in [0, 0.1) is 6.92 Å². The number of aliphatic hydroxyl groups excluding tert-OH is 1. The molecule has 0 bridgehead atoms. The average molecular weight is 284 g/mol. The van der Waals surface area contributed by atoms with Crippen LogP contribution in [0.4, 0.5) is 0 Å². The summed E-state index contributed by atoms with van der Waals surface area (Å²) >= 11 is 3.84. The first kappa shape index (κ1) is 14.1. The zero-order valence-corrected chi connectivity index (χ0v) is 12.5. The SMILES string of the molecule is COc1ccc(C)cc1CC(O)C1CSCCS1. The molecule has 18 heavy (non-hydrogen) atoms. The normalized spacial score (nSPS) is 21.6. The maximum atomic E-state index is 10.3. The molecule has 0 aromatic heterocycles. The van der Waals surface area contributed by atoms with E-state index < -0.39 is 0 Å². The Balaban J connectivity index is 2.05. The molecule has 0 radical (unpaired) electrons. The highest BCUT2D eigenvalue weighted by atomic mass is 32.2. The third-order valence-corrected chi connectivity index (χ3v) is 6.04. The van der Waals surface area contributed by atoms with Gasteiger partial charge in [0.2, 0.25) is 0 Å². The van der Waals surface area contributed by atoms with Crippen molar-refractivity contribution in [2.75, 3.05) is 24.4 Å². The van der Waals surface area contributed by atoms with Gasteiger partial charge in [0.05, 0.1) is 13.2 Å². The summed E-state index contributed by atoms with van der Waals surface area (Å²) in [5.74, 6) is 4.30. The van der Waals surface area contributed by atoms with E-state index in [2.05, 4.69) is 13.0 Å². The molecule has 4 heteroatoms. The number of rotatable bonds is 4. The highest BCUT2D eigenvalue weighted by Crippen LogP contribution is 2.29. The van der Waals surface area contributed by atoms with Crippen LogP contribution in [0.15, 0.2) is 18.2 Å². The number of hydrogen-bond acceptors (Lipinski definition) is 4. The molecule has 2 rings (SSSR count). The van der Waals surface area contributed by atoms with Gasteiger partial charge in [0.15, 0.2) is 0 Å². The molecular weight excluding hydrogens is 264 g/mol. The van der Waals surface area contributed by atoms with Crippen LogP contribution >= 0.6 is 23.5 Å². The third kappa shape index (κ3) is 3.59. The van der Waals surface area contributed by atoms with Crippen LogP contribution in [0.3, 0.4) is 0 Å². The second kappa shape index (κ2) is 6.73. The summed E-state index contributed by atoms with van der Waals surface area (Å²) in [6, 6.07) is 6.14. The number of thioether (sulfide) groups is 2. The van der Waals surface area contributed by atoms with Crippen molar-refractivity contribution in [3.63, 3.8) is 0 Å². The topological polar surface area (TPSA) is 29.5 Å². The van der Waals surface area contributed by atoms with E-state index in [0.29, 0.717) is 11.7 Å². The zero-order chi connectivity index (χ0) is 13.0. The summed E-state index contributed by atoms with van der Waals surface area (Å²) < 4.78 is 5.37. The van der Waals surface area contributed by atoms with Crippen molar-refractivity contribution >= 4 is 23.5 Å². The Morgan fingerprint density at radius 3 is 2.94 bits per heavy atom. The molecule has 0 saturated carbocycles. The molecule has 0 amide bonds. The van der Waals surface area contributed by atoms with Crippen molar-refractivity contribution in [3.8, 4) is 5.75 Å². The van der Waals surface area contributed by atoms with Gasteiger partial charge in [-0.05, 0) is 18.6 Å². The van der Waals surface area contributed by atoms with Crippen molar-refractivity contribution in [1.29, 1.82) is 0 Å². The second-order valence-corrected chi connectivity index (χ2v) is 7.07. The van der Waals surface area contributed by atoms with Gasteiger partial charge in [0.25, 0.3) is 0 Å². The van der Waals surface area contributed by atoms with Gasteiger partial charge in [-0.3, -0.25) is 0 Å². The molecule has 100 valence electrons. The van der Waals surface area contributed by atoms with Crippen molar-refractivity contribution < 1.29 is 9.84 Å². The lowest BCUT2D eigenvalue weighted by atomic mass is 10.0. The maximum Gasteiger partial charge on any atom is 0.122 e. The lowest BCUT2D eigenvalue weighted by Gasteiger charge is -2.26. The maximum absolute atomic E-state index is 10.3. The number of aliphatic hydroxyl groups is 1. The van der Waals surface area contributed by atoms with Gasteiger partial charge in [-0.1, -0.05) is 17.7 Å². The molecular formula is C14H20O2S2. The third-order valence-electron chi connectivity index (χ3n) is 3.14. The minimum absolute atomic E-state index is 0.279. The molecule has 0 aliphatic carbocycles. The van der Waals surface area contributed by atoms with Gasteiger partial charge in [-0.25, -0.2) is 0 Å². The standard InChI is InChI=1S/C14H20O2S2/c1-10-3-4-13(16-2)11(7-10)8-12(15)14-9-17-5-6-18-14/h3-4,7,12,14-15H,5-6,8-9H2,1-2H3. The van der Waals surface area contributed by atoms with Crippen LogP contribution in [0.5, 0.6) is 5.75 Å². The molecule has 1 N–H and O–H groups in total. The smallest absolute Gasteiger partial charge is 0.122 e. The molecule has 1 fully saturated rings. The zero-order valence-electron chi connectivity index (χ0n) is 10.9. The predicted octanol–water partition coefficient (Wildman–Crippen LogP) is 2.76. The van der Waals surface area contributed by atoms with Crippen LogP contribution in [-0.4, -0.2) is 40.8 Å². The van der Waals surface area contributed by atoms with Gasteiger partial charge in [-0.2, -0.15) is 23.5 Å². The van der Waals surface area contributed by atoms with E-state index in [1.54, 1.807) is 7.11 Å². The summed E-state index contributed by atoms with van der Waals surface area (Å²) in [6.07, 6.45) is 0.404. The summed E-state index contributed by atoms with van der Waals surface area (Å²) in [5.41, 5.74) is 2.32. The molecule has 0 spiro atoms. The molecule has 1 aliphatic heterocycles. The van der Waals surface area contributed by atoms with Crippen LogP contribution < -0.4 is 4.74 Å². The Bertz CT molecular complexity index is 389. The van der Waals surface area contributed by atoms with Gasteiger partial charge < -0.3 is 9.84 Å². The van der Waals surface area contributed by atoms with E-state index in [0.717, 1.165) is 22.8 Å². The average Bonchev–Trinajstić information content (AvgIpc) is 2.40. The summed E-state index contributed by atoms with van der Waals surface area (Å²) in [6.45, 7) is 2.07. The minimum atomic E-state index is -0.279. The molecule has 2 atom stereocenters. The number of hydrogen-bond donors (Lipinski definition) is 1. The Hall–Kier alpha value is -0.320. The first-order valence-corrected chi connectivity index (χ1v) is 8.42. The summed E-state index contributed by atoms with van der Waals surface area (Å²) in [7, 11) is 1.69. The molecule has 1 saturated heterocycles. The lowest BCUT2D eigenvalue weighted by molar-refractivity contribution is 0.176. The van der Waals surface area contributed by atoms with Gasteiger partial charge >= 0.3 is 0 Å². The fourth-order valence-corrected chi connectivity index (χ4v) is 4.92. The van der Waals surface area contributed by atoms with E-state index >= 15 is 0 Å². The Labute approximate surface area is 117 Å². The van der Waals surface area contributed by atoms with Gasteiger partial charge in [-0.15, -0.1) is 0 Å². The van der Waals surface area contributed by atoms with E-state index in [1.807, 2.05) is 35.7 Å². The number of aryl methyl sites for hydroxylation is 1. The molecule has 1 aliphatic rings. The first-order chi connectivity index (χ1) is 8.70. The van der Waals surface area contributed by atoms with Crippen molar-refractivity contribution in [3.05, 3.63) is 29.3 Å². The quantitative estimate of drug-likeness (QED) is 0.920. The van der Waals surface area contributed by atoms with Gasteiger partial charge in [0.1, 0.15) is 5.75 Å². The van der Waals surface area contributed by atoms with Crippen LogP contribution in [-0.2, 0) is 6.42 Å². The second-order valence-electron chi connectivity index (χ2n) is 4.57. The predicted molar refractivity (Wildman–Crippen MR) is 81.0 cm³/mol. The highest BCUT2D eigenvalue weighted by molar-refractivity contribution is 8.06. The van der Waals surface area contributed by atoms with Crippen LogP contribution in [0.2, 0.25) is 0 Å². The number of benzene rings is 1. The first-order valence-electron chi connectivity index (χ1n) is 6.21. The fraction of sp³-hybridized carbons (Fsp3) is 0.571. The van der Waals surface area contributed by atoms with E-state index in [-0.39, 0.29) is 6.10 Å². The number of ether oxygens (including phenoxy) is 1. The molecule has 1 aromatic rings. The molecule has 1 aromatic carbocycles. The molecule has 2 nitrogen and oxygen atoms in total. The largest absolute Gasteiger partial charge is 0.496 e.